The van der Waals surface area contributed by atoms with E-state index < -0.39 is 42.1 Å². The Kier molecular flexibility index (Phi) is 7.76. The van der Waals surface area contributed by atoms with Crippen molar-refractivity contribution in [3.63, 3.8) is 0 Å². The summed E-state index contributed by atoms with van der Waals surface area (Å²) in [6, 6.07) is -3.45. The zero-order valence-corrected chi connectivity index (χ0v) is 11.4. The number of carboxylic acid groups (broad SMARTS) is 3. The maximum absolute atomic E-state index is 11.8. The lowest BCUT2D eigenvalue weighted by Gasteiger charge is -2.18. The summed E-state index contributed by atoms with van der Waals surface area (Å²) in [5.41, 5.74) is 5.29. The summed E-state index contributed by atoms with van der Waals surface area (Å²) in [4.78, 5) is 43.5. The molecule has 0 aromatic heterocycles. The van der Waals surface area contributed by atoms with Gasteiger partial charge in [-0.15, -0.1) is 0 Å². The smallest absolute Gasteiger partial charge is 0.405 e. The second kappa shape index (κ2) is 8.74. The van der Waals surface area contributed by atoms with Crippen LogP contribution in [-0.4, -0.2) is 57.4 Å². The van der Waals surface area contributed by atoms with Crippen LogP contribution in [0.5, 0.6) is 0 Å². The van der Waals surface area contributed by atoms with Crippen LogP contribution >= 0.6 is 0 Å². The minimum atomic E-state index is -1.44. The first-order chi connectivity index (χ1) is 9.65. The van der Waals surface area contributed by atoms with E-state index in [2.05, 4.69) is 5.32 Å². The number of hydrogen-bond donors (Lipinski definition) is 6. The first kappa shape index (κ1) is 18.6. The van der Waals surface area contributed by atoms with Gasteiger partial charge in [-0.2, -0.15) is 0 Å². The van der Waals surface area contributed by atoms with Crippen LogP contribution in [0.15, 0.2) is 0 Å². The molecule has 0 bridgehead atoms. The van der Waals surface area contributed by atoms with E-state index in [4.69, 9.17) is 21.1 Å². The molecule has 0 aliphatic carbocycles. The molecule has 0 aromatic rings. The Hall–Kier alpha value is -2.36. The fourth-order valence-electron chi connectivity index (χ4n) is 1.46. The minimum absolute atomic E-state index is 0.00541. The van der Waals surface area contributed by atoms with Crippen molar-refractivity contribution < 1.29 is 34.5 Å². The summed E-state index contributed by atoms with van der Waals surface area (Å²) in [5, 5.41) is 30.0. The lowest BCUT2D eigenvalue weighted by atomic mass is 10.0. The number of carboxylic acids is 2. The van der Waals surface area contributed by atoms with Gasteiger partial charge in [-0.1, -0.05) is 0 Å². The number of nitrogens with two attached hydrogens (primary N) is 1. The molecule has 0 fully saturated rings. The van der Waals surface area contributed by atoms with E-state index in [1.807, 2.05) is 5.32 Å². The van der Waals surface area contributed by atoms with Crippen LogP contribution in [0.4, 0.5) is 4.79 Å². The Balaban J connectivity index is 4.50. The molecule has 0 saturated carbocycles. The number of carbonyl (C=O) groups is 4. The zero-order valence-electron chi connectivity index (χ0n) is 11.4. The molecule has 0 spiro atoms. The van der Waals surface area contributed by atoms with Gasteiger partial charge in [0.15, 0.2) is 0 Å². The highest BCUT2D eigenvalue weighted by Crippen LogP contribution is 2.05. The first-order valence-electron chi connectivity index (χ1n) is 6.16. The summed E-state index contributed by atoms with van der Waals surface area (Å²) >= 11 is 0. The van der Waals surface area contributed by atoms with Crippen molar-refractivity contribution in [1.29, 1.82) is 0 Å². The van der Waals surface area contributed by atoms with Crippen molar-refractivity contribution in [3.05, 3.63) is 0 Å². The highest BCUT2D eigenvalue weighted by Gasteiger charge is 2.24. The van der Waals surface area contributed by atoms with Gasteiger partial charge in [0.1, 0.15) is 18.1 Å². The van der Waals surface area contributed by atoms with Gasteiger partial charge in [0.05, 0.1) is 0 Å². The summed E-state index contributed by atoms with van der Waals surface area (Å²) in [6.45, 7) is 1.23. The molecule has 120 valence electrons. The van der Waals surface area contributed by atoms with Crippen LogP contribution in [-0.2, 0) is 14.4 Å². The Morgan fingerprint density at radius 3 is 2.00 bits per heavy atom. The van der Waals surface area contributed by atoms with Gasteiger partial charge in [-0.3, -0.25) is 14.4 Å². The molecule has 0 aliphatic rings. The van der Waals surface area contributed by atoms with Crippen LogP contribution < -0.4 is 16.4 Å². The Labute approximate surface area is 120 Å². The molecule has 0 radical (unpaired) electrons. The molecule has 0 heterocycles. The third kappa shape index (κ3) is 7.72. The Bertz CT molecular complexity index is 413. The average molecular weight is 305 g/mol. The maximum atomic E-state index is 11.8. The molecule has 0 unspecified atom stereocenters. The van der Waals surface area contributed by atoms with E-state index in [1.165, 1.54) is 6.92 Å². The average Bonchev–Trinajstić information content (AvgIpc) is 2.36. The molecule has 21 heavy (non-hydrogen) atoms. The van der Waals surface area contributed by atoms with Gasteiger partial charge < -0.3 is 31.7 Å². The molecule has 0 aliphatic heterocycles. The van der Waals surface area contributed by atoms with Crippen molar-refractivity contribution in [2.24, 2.45) is 5.73 Å². The van der Waals surface area contributed by atoms with E-state index in [1.54, 1.807) is 0 Å². The van der Waals surface area contributed by atoms with Gasteiger partial charge in [0, 0.05) is 0 Å². The number of hydrogen-bond acceptors (Lipinski definition) is 5. The SMILES string of the molecule is C[C@@H](NC(=O)[C@H](CCC[C@@H](N)C(=O)O)NC(=O)O)C(=O)O. The van der Waals surface area contributed by atoms with E-state index in [0.29, 0.717) is 0 Å². The molecule has 10 nitrogen and oxygen atoms in total. The zero-order chi connectivity index (χ0) is 16.6. The quantitative estimate of drug-likeness (QED) is 0.307. The molecule has 7 N–H and O–H groups in total. The summed E-state index contributed by atoms with van der Waals surface area (Å²) in [5.74, 6) is -3.25. The van der Waals surface area contributed by atoms with Crippen molar-refractivity contribution in [3.8, 4) is 0 Å². The summed E-state index contributed by atoms with van der Waals surface area (Å²) < 4.78 is 0. The van der Waals surface area contributed by atoms with Gasteiger partial charge in [0.25, 0.3) is 0 Å². The molecule has 3 atom stereocenters. The maximum Gasteiger partial charge on any atom is 0.405 e. The van der Waals surface area contributed by atoms with E-state index in [0.717, 1.165) is 0 Å². The highest BCUT2D eigenvalue weighted by atomic mass is 16.4. The number of aliphatic carboxylic acids is 2. The van der Waals surface area contributed by atoms with Crippen molar-refractivity contribution in [2.45, 2.75) is 44.3 Å². The van der Waals surface area contributed by atoms with Crippen molar-refractivity contribution in [1.82, 2.24) is 10.6 Å². The first-order valence-corrected chi connectivity index (χ1v) is 6.16. The van der Waals surface area contributed by atoms with Gasteiger partial charge >= 0.3 is 18.0 Å². The fraction of sp³-hybridized carbons (Fsp3) is 0.636. The Morgan fingerprint density at radius 1 is 1.00 bits per heavy atom. The molecule has 0 saturated heterocycles. The van der Waals surface area contributed by atoms with E-state index in [9.17, 15) is 19.2 Å². The van der Waals surface area contributed by atoms with Crippen LogP contribution in [0.1, 0.15) is 26.2 Å². The van der Waals surface area contributed by atoms with Crippen LogP contribution in [0, 0.1) is 0 Å². The lowest BCUT2D eigenvalue weighted by Crippen LogP contribution is -2.50. The molecule has 0 aromatic carbocycles. The predicted octanol–water partition coefficient (Wildman–Crippen LogP) is -1.21. The second-order valence-corrected chi connectivity index (χ2v) is 4.45. The molecular weight excluding hydrogens is 286 g/mol. The van der Waals surface area contributed by atoms with Crippen LogP contribution in [0.25, 0.3) is 0 Å². The second-order valence-electron chi connectivity index (χ2n) is 4.45. The van der Waals surface area contributed by atoms with Crippen molar-refractivity contribution in [2.75, 3.05) is 0 Å². The largest absolute Gasteiger partial charge is 0.480 e. The van der Waals surface area contributed by atoms with Gasteiger partial charge in [-0.25, -0.2) is 4.79 Å². The fourth-order valence-corrected chi connectivity index (χ4v) is 1.46. The minimum Gasteiger partial charge on any atom is -0.480 e. The number of carbonyl (C=O) groups excluding carboxylic acids is 1. The van der Waals surface area contributed by atoms with E-state index >= 15 is 0 Å². The summed E-state index contributed by atoms with van der Waals surface area (Å²) in [7, 11) is 0. The monoisotopic (exact) mass is 305 g/mol. The number of rotatable bonds is 9. The van der Waals surface area contributed by atoms with Gasteiger partial charge in [0.2, 0.25) is 5.91 Å². The lowest BCUT2D eigenvalue weighted by molar-refractivity contribution is -0.141. The molecule has 2 amide bonds. The molecule has 10 heteroatoms. The third-order valence-electron chi connectivity index (χ3n) is 2.67. The van der Waals surface area contributed by atoms with Gasteiger partial charge in [-0.05, 0) is 26.2 Å². The third-order valence-corrected chi connectivity index (χ3v) is 2.67. The molecular formula is C11H19N3O7. The number of nitrogens with one attached hydrogen (secondary N) is 2. The van der Waals surface area contributed by atoms with E-state index in [-0.39, 0.29) is 19.3 Å². The standard InChI is InChI=1S/C11H19N3O7/c1-5(9(16)17)13-8(15)7(14-11(20)21)4-2-3-6(12)10(18)19/h5-7,14H,2-4,12H2,1H3,(H,13,15)(H,16,17)(H,18,19)(H,20,21)/t5-,6-,7+/m1/s1. The number of amides is 2. The summed E-state index contributed by atoms with van der Waals surface area (Å²) in [6.07, 6.45) is -1.19. The van der Waals surface area contributed by atoms with Crippen molar-refractivity contribution >= 4 is 23.9 Å². The topological polar surface area (TPSA) is 179 Å². The van der Waals surface area contributed by atoms with Crippen LogP contribution in [0.3, 0.4) is 0 Å². The highest BCUT2D eigenvalue weighted by molar-refractivity contribution is 5.88. The normalized spacial score (nSPS) is 14.6. The predicted molar refractivity (Wildman–Crippen MR) is 69.7 cm³/mol. The van der Waals surface area contributed by atoms with Crippen LogP contribution in [0.2, 0.25) is 0 Å². The molecule has 0 rings (SSSR count). The Morgan fingerprint density at radius 2 is 1.57 bits per heavy atom.